The zero-order valence-corrected chi connectivity index (χ0v) is 11.3. The maximum absolute atomic E-state index is 13.4. The minimum atomic E-state index is -0.540. The van der Waals surface area contributed by atoms with E-state index in [0.717, 1.165) is 0 Å². The van der Waals surface area contributed by atoms with Crippen molar-refractivity contribution in [1.82, 2.24) is 0 Å². The van der Waals surface area contributed by atoms with E-state index >= 15 is 0 Å². The Hall–Kier alpha value is -1.95. The van der Waals surface area contributed by atoms with Crippen molar-refractivity contribution in [2.45, 2.75) is 6.61 Å². The molecule has 0 aliphatic heterocycles. The van der Waals surface area contributed by atoms with Crippen molar-refractivity contribution in [3.63, 3.8) is 0 Å². The van der Waals surface area contributed by atoms with Gasteiger partial charge in [-0.2, -0.15) is 0 Å². The van der Waals surface area contributed by atoms with Crippen LogP contribution in [-0.2, 0) is 6.61 Å². The van der Waals surface area contributed by atoms with Gasteiger partial charge >= 0.3 is 5.69 Å². The lowest BCUT2D eigenvalue weighted by molar-refractivity contribution is -0.386. The van der Waals surface area contributed by atoms with Gasteiger partial charge in [0, 0.05) is 16.1 Å². The van der Waals surface area contributed by atoms with Crippen LogP contribution in [-0.4, -0.2) is 4.92 Å². The van der Waals surface area contributed by atoms with E-state index in [4.69, 9.17) is 4.74 Å². The molecule has 0 radical (unpaired) electrons. The van der Waals surface area contributed by atoms with Crippen molar-refractivity contribution in [3.8, 4) is 5.75 Å². The van der Waals surface area contributed by atoms with E-state index in [2.05, 4.69) is 15.9 Å². The van der Waals surface area contributed by atoms with Crippen molar-refractivity contribution in [2.24, 2.45) is 0 Å². The lowest BCUT2D eigenvalue weighted by Gasteiger charge is -2.07. The zero-order chi connectivity index (χ0) is 13.8. The standard InChI is InChI=1S/C13H9BrFNO3/c14-10-5-6-13(12(7-10)16(17)18)19-8-9-3-1-2-4-11(9)15/h1-7H,8H2. The lowest BCUT2D eigenvalue weighted by Crippen LogP contribution is -2.00. The Balaban J connectivity index is 2.20. The summed E-state index contributed by atoms with van der Waals surface area (Å²) >= 11 is 3.15. The van der Waals surface area contributed by atoms with Crippen LogP contribution in [0.15, 0.2) is 46.9 Å². The van der Waals surface area contributed by atoms with Crippen LogP contribution in [0.1, 0.15) is 5.56 Å². The van der Waals surface area contributed by atoms with E-state index in [1.165, 1.54) is 18.2 Å². The maximum atomic E-state index is 13.4. The highest BCUT2D eigenvalue weighted by Crippen LogP contribution is 2.30. The van der Waals surface area contributed by atoms with Crippen molar-refractivity contribution < 1.29 is 14.1 Å². The van der Waals surface area contributed by atoms with Crippen LogP contribution >= 0.6 is 15.9 Å². The van der Waals surface area contributed by atoms with Crippen LogP contribution in [0.3, 0.4) is 0 Å². The monoisotopic (exact) mass is 325 g/mol. The molecule has 98 valence electrons. The molecule has 0 atom stereocenters. The van der Waals surface area contributed by atoms with Gasteiger partial charge in [-0.05, 0) is 18.2 Å². The first kappa shape index (κ1) is 13.5. The van der Waals surface area contributed by atoms with Gasteiger partial charge < -0.3 is 4.74 Å². The summed E-state index contributed by atoms with van der Waals surface area (Å²) in [5.41, 5.74) is 0.186. The highest BCUT2D eigenvalue weighted by Gasteiger charge is 2.16. The summed E-state index contributed by atoms with van der Waals surface area (Å²) in [4.78, 5) is 10.3. The number of nitro benzene ring substituents is 1. The highest BCUT2D eigenvalue weighted by molar-refractivity contribution is 9.10. The van der Waals surface area contributed by atoms with Gasteiger partial charge in [0.15, 0.2) is 5.75 Å². The molecule has 0 heterocycles. The van der Waals surface area contributed by atoms with Crippen LogP contribution in [0, 0.1) is 15.9 Å². The second kappa shape index (κ2) is 5.79. The molecule has 0 aromatic heterocycles. The third-order valence-electron chi connectivity index (χ3n) is 2.46. The Bertz CT molecular complexity index is 619. The highest BCUT2D eigenvalue weighted by atomic mass is 79.9. The number of halogens is 2. The minimum absolute atomic E-state index is 0.0604. The Morgan fingerprint density at radius 3 is 2.68 bits per heavy atom. The molecule has 0 N–H and O–H groups in total. The summed E-state index contributed by atoms with van der Waals surface area (Å²) < 4.78 is 19.3. The van der Waals surface area contributed by atoms with Gasteiger partial charge in [0.2, 0.25) is 0 Å². The van der Waals surface area contributed by atoms with Gasteiger partial charge in [0.05, 0.1) is 4.92 Å². The lowest BCUT2D eigenvalue weighted by atomic mass is 10.2. The Kier molecular flexibility index (Phi) is 4.11. The molecule has 0 saturated heterocycles. The van der Waals surface area contributed by atoms with E-state index in [0.29, 0.717) is 10.0 Å². The molecule has 4 nitrogen and oxygen atoms in total. The summed E-state index contributed by atoms with van der Waals surface area (Å²) in [6.45, 7) is -0.0604. The van der Waals surface area contributed by atoms with Gasteiger partial charge in [0.25, 0.3) is 0 Å². The average molecular weight is 326 g/mol. The van der Waals surface area contributed by atoms with Crippen LogP contribution < -0.4 is 4.74 Å². The first-order valence-electron chi connectivity index (χ1n) is 5.38. The van der Waals surface area contributed by atoms with Crippen LogP contribution in [0.25, 0.3) is 0 Å². The Morgan fingerprint density at radius 2 is 2.00 bits per heavy atom. The summed E-state index contributed by atoms with van der Waals surface area (Å²) in [6, 6.07) is 10.6. The molecule has 0 aliphatic carbocycles. The molecule has 0 unspecified atom stereocenters. The molecule has 6 heteroatoms. The van der Waals surface area contributed by atoms with Gasteiger partial charge in [-0.15, -0.1) is 0 Å². The summed E-state index contributed by atoms with van der Waals surface area (Å²) in [5, 5.41) is 10.9. The minimum Gasteiger partial charge on any atom is -0.482 e. The van der Waals surface area contributed by atoms with E-state index in [1.54, 1.807) is 24.3 Å². The summed E-state index contributed by atoms with van der Waals surface area (Å²) in [7, 11) is 0. The van der Waals surface area contributed by atoms with E-state index in [-0.39, 0.29) is 18.0 Å². The van der Waals surface area contributed by atoms with Gasteiger partial charge in [-0.1, -0.05) is 34.1 Å². The molecular formula is C13H9BrFNO3. The van der Waals surface area contributed by atoms with Crippen LogP contribution in [0.2, 0.25) is 0 Å². The van der Waals surface area contributed by atoms with Gasteiger partial charge in [0.1, 0.15) is 12.4 Å². The third-order valence-corrected chi connectivity index (χ3v) is 2.95. The summed E-state index contributed by atoms with van der Waals surface area (Å²) in [6.07, 6.45) is 0. The maximum Gasteiger partial charge on any atom is 0.312 e. The average Bonchev–Trinajstić information content (AvgIpc) is 2.38. The Labute approximate surface area is 117 Å². The van der Waals surface area contributed by atoms with Crippen LogP contribution in [0.5, 0.6) is 5.75 Å². The molecule has 0 aliphatic rings. The molecule has 2 aromatic rings. The normalized spacial score (nSPS) is 10.2. The van der Waals surface area contributed by atoms with Gasteiger partial charge in [-0.25, -0.2) is 4.39 Å². The number of rotatable bonds is 4. The molecule has 0 bridgehead atoms. The number of nitro groups is 1. The topological polar surface area (TPSA) is 52.4 Å². The summed E-state index contributed by atoms with van der Waals surface area (Å²) in [5.74, 6) is -0.293. The molecule has 0 fully saturated rings. The molecule has 2 aromatic carbocycles. The Morgan fingerprint density at radius 1 is 1.26 bits per heavy atom. The smallest absolute Gasteiger partial charge is 0.312 e. The number of benzene rings is 2. The first-order chi connectivity index (χ1) is 9.08. The predicted octanol–water partition coefficient (Wildman–Crippen LogP) is 4.08. The van der Waals surface area contributed by atoms with Gasteiger partial charge in [-0.3, -0.25) is 10.1 Å². The molecule has 19 heavy (non-hydrogen) atoms. The molecule has 0 saturated carbocycles. The fourth-order valence-corrected chi connectivity index (χ4v) is 1.88. The molecule has 2 rings (SSSR count). The number of hydrogen-bond donors (Lipinski definition) is 0. The third kappa shape index (κ3) is 3.29. The molecule has 0 spiro atoms. The zero-order valence-electron chi connectivity index (χ0n) is 9.68. The number of nitrogens with zero attached hydrogens (tertiary/aromatic N) is 1. The van der Waals surface area contributed by atoms with Crippen molar-refractivity contribution >= 4 is 21.6 Å². The molecular weight excluding hydrogens is 317 g/mol. The molecule has 0 amide bonds. The quantitative estimate of drug-likeness (QED) is 0.628. The fourth-order valence-electron chi connectivity index (χ4n) is 1.53. The van der Waals surface area contributed by atoms with Crippen LogP contribution in [0.4, 0.5) is 10.1 Å². The second-order valence-electron chi connectivity index (χ2n) is 3.75. The van der Waals surface area contributed by atoms with E-state index in [1.807, 2.05) is 0 Å². The second-order valence-corrected chi connectivity index (χ2v) is 4.66. The number of ether oxygens (including phenoxy) is 1. The fraction of sp³-hybridized carbons (Fsp3) is 0.0769. The SMILES string of the molecule is O=[N+]([O-])c1cc(Br)ccc1OCc1ccccc1F. The van der Waals surface area contributed by atoms with E-state index < -0.39 is 10.7 Å². The largest absolute Gasteiger partial charge is 0.482 e. The number of hydrogen-bond acceptors (Lipinski definition) is 3. The van der Waals surface area contributed by atoms with Crippen molar-refractivity contribution in [2.75, 3.05) is 0 Å². The predicted molar refractivity (Wildman–Crippen MR) is 71.5 cm³/mol. The van der Waals surface area contributed by atoms with E-state index in [9.17, 15) is 14.5 Å². The van der Waals surface area contributed by atoms with Crippen molar-refractivity contribution in [3.05, 3.63) is 68.4 Å². The first-order valence-corrected chi connectivity index (χ1v) is 6.17. The van der Waals surface area contributed by atoms with Crippen molar-refractivity contribution in [1.29, 1.82) is 0 Å².